The Kier molecular flexibility index (Phi) is 5.86. The molecule has 3 aromatic carbocycles. The number of ether oxygens (including phenoxy) is 1. The molecule has 2 aliphatic heterocycles. The van der Waals surface area contributed by atoms with Crippen LogP contribution in [0.25, 0.3) is 0 Å². The van der Waals surface area contributed by atoms with Crippen LogP contribution in [0.4, 0.5) is 5.69 Å². The van der Waals surface area contributed by atoms with Gasteiger partial charge in [0.25, 0.3) is 17.7 Å². The fourth-order valence-electron chi connectivity index (χ4n) is 4.44. The number of imide groups is 1. The molecule has 0 aromatic heterocycles. The molecule has 0 saturated heterocycles. The van der Waals surface area contributed by atoms with Gasteiger partial charge in [-0.15, -0.1) is 0 Å². The van der Waals surface area contributed by atoms with E-state index < -0.39 is 23.9 Å². The van der Waals surface area contributed by atoms with Crippen molar-refractivity contribution in [2.45, 2.75) is 26.0 Å². The van der Waals surface area contributed by atoms with Crippen LogP contribution in [-0.2, 0) is 22.5 Å². The summed E-state index contributed by atoms with van der Waals surface area (Å²) in [4.78, 5) is 54.2. The number of nitrogens with zero attached hydrogens (tertiary/aromatic N) is 2. The number of carbonyl (C=O) groups is 4. The summed E-state index contributed by atoms with van der Waals surface area (Å²) in [7, 11) is 0. The minimum atomic E-state index is -1.00. The Morgan fingerprint density at radius 3 is 2.37 bits per heavy atom. The first-order valence-corrected chi connectivity index (χ1v) is 11.6. The Balaban J connectivity index is 1.30. The molecule has 3 aromatic rings. The lowest BCUT2D eigenvalue weighted by Crippen LogP contribution is -2.42. The number of amides is 3. The van der Waals surface area contributed by atoms with Crippen molar-refractivity contribution in [3.63, 3.8) is 0 Å². The highest BCUT2D eigenvalue weighted by Crippen LogP contribution is 2.33. The molecule has 0 radical (unpaired) electrons. The van der Waals surface area contributed by atoms with Gasteiger partial charge in [-0.25, -0.2) is 9.69 Å². The molecule has 3 amide bonds. The van der Waals surface area contributed by atoms with Crippen LogP contribution in [0.1, 0.15) is 49.1 Å². The van der Waals surface area contributed by atoms with Crippen LogP contribution in [0.2, 0.25) is 5.02 Å². The minimum absolute atomic E-state index is 0.0783. The van der Waals surface area contributed by atoms with E-state index in [4.69, 9.17) is 16.3 Å². The van der Waals surface area contributed by atoms with Crippen LogP contribution >= 0.6 is 11.6 Å². The van der Waals surface area contributed by atoms with Gasteiger partial charge in [-0.05, 0) is 54.8 Å². The number of anilines is 1. The molecule has 8 heteroatoms. The maximum atomic E-state index is 13.0. The molecule has 7 nitrogen and oxygen atoms in total. The summed E-state index contributed by atoms with van der Waals surface area (Å²) >= 11 is 6.18. The SMILES string of the molecule is C[C@H](OC(=O)c1ccc2c(c1)C(=O)N(c1ccccc1Cl)C2=O)C(=O)N1CCc2ccccc2C1. The van der Waals surface area contributed by atoms with Gasteiger partial charge in [0.1, 0.15) is 0 Å². The first kappa shape index (κ1) is 22.8. The second kappa shape index (κ2) is 9.00. The Hall–Kier alpha value is -3.97. The summed E-state index contributed by atoms with van der Waals surface area (Å²) < 4.78 is 5.43. The average Bonchev–Trinajstić information content (AvgIpc) is 3.12. The lowest BCUT2D eigenvalue weighted by Gasteiger charge is -2.30. The van der Waals surface area contributed by atoms with Crippen LogP contribution in [0, 0.1) is 0 Å². The molecule has 0 spiro atoms. The molecule has 0 unspecified atom stereocenters. The molecule has 35 heavy (non-hydrogen) atoms. The van der Waals surface area contributed by atoms with E-state index in [1.807, 2.05) is 24.3 Å². The number of para-hydroxylation sites is 1. The number of benzene rings is 3. The molecule has 0 bridgehead atoms. The summed E-state index contributed by atoms with van der Waals surface area (Å²) in [6.45, 7) is 2.54. The van der Waals surface area contributed by atoms with Gasteiger partial charge in [-0.3, -0.25) is 14.4 Å². The monoisotopic (exact) mass is 488 g/mol. The fourth-order valence-corrected chi connectivity index (χ4v) is 4.66. The number of fused-ring (bicyclic) bond motifs is 2. The van der Waals surface area contributed by atoms with Crippen molar-refractivity contribution >= 4 is 41.0 Å². The Morgan fingerprint density at radius 1 is 0.914 bits per heavy atom. The predicted molar refractivity (Wildman–Crippen MR) is 129 cm³/mol. The zero-order valence-electron chi connectivity index (χ0n) is 18.9. The number of rotatable bonds is 4. The molecule has 0 aliphatic carbocycles. The molecule has 0 saturated carbocycles. The molecule has 2 aliphatic rings. The topological polar surface area (TPSA) is 84.0 Å². The number of hydrogen-bond donors (Lipinski definition) is 0. The molecule has 2 heterocycles. The van der Waals surface area contributed by atoms with Gasteiger partial charge in [-0.2, -0.15) is 0 Å². The summed E-state index contributed by atoms with van der Waals surface area (Å²) in [5.74, 6) is -2.14. The minimum Gasteiger partial charge on any atom is -0.449 e. The van der Waals surface area contributed by atoms with E-state index in [-0.39, 0.29) is 33.3 Å². The van der Waals surface area contributed by atoms with Gasteiger partial charge in [0.05, 0.1) is 27.4 Å². The molecule has 0 fully saturated rings. The zero-order valence-corrected chi connectivity index (χ0v) is 19.6. The molecule has 176 valence electrons. The standard InChI is InChI=1S/C27H21ClN2O5/c1-16(24(31)29-13-12-17-6-2-3-7-19(17)15-29)35-27(34)18-10-11-20-21(14-18)26(33)30(25(20)32)23-9-5-4-8-22(23)28/h2-11,14,16H,12-13,15H2,1H3/t16-/m0/s1. The van der Waals surface area contributed by atoms with Crippen molar-refractivity contribution in [3.8, 4) is 0 Å². The molecule has 1 atom stereocenters. The Morgan fingerprint density at radius 2 is 1.60 bits per heavy atom. The summed E-state index contributed by atoms with van der Waals surface area (Å²) in [5.41, 5.74) is 2.89. The van der Waals surface area contributed by atoms with Crippen molar-refractivity contribution in [1.82, 2.24) is 4.90 Å². The van der Waals surface area contributed by atoms with Gasteiger partial charge in [0, 0.05) is 13.1 Å². The van der Waals surface area contributed by atoms with E-state index in [0.29, 0.717) is 13.1 Å². The summed E-state index contributed by atoms with van der Waals surface area (Å²) in [5, 5.41) is 0.259. The van der Waals surface area contributed by atoms with Gasteiger partial charge in [0.15, 0.2) is 6.10 Å². The third-order valence-electron chi connectivity index (χ3n) is 6.29. The predicted octanol–water partition coefficient (Wildman–Crippen LogP) is 4.27. The Labute approximate surface area is 206 Å². The van der Waals surface area contributed by atoms with Gasteiger partial charge in [-0.1, -0.05) is 48.0 Å². The quantitative estimate of drug-likeness (QED) is 0.404. The van der Waals surface area contributed by atoms with Crippen molar-refractivity contribution in [1.29, 1.82) is 0 Å². The summed E-state index contributed by atoms with van der Waals surface area (Å²) in [6.07, 6.45) is -0.260. The van der Waals surface area contributed by atoms with Gasteiger partial charge in [0.2, 0.25) is 0 Å². The highest BCUT2D eigenvalue weighted by atomic mass is 35.5. The molecule has 5 rings (SSSR count). The van der Waals surface area contributed by atoms with E-state index in [1.165, 1.54) is 30.7 Å². The van der Waals surface area contributed by atoms with E-state index in [2.05, 4.69) is 0 Å². The highest BCUT2D eigenvalue weighted by molar-refractivity contribution is 6.39. The second-order valence-electron chi connectivity index (χ2n) is 8.48. The number of hydrogen-bond acceptors (Lipinski definition) is 5. The smallest absolute Gasteiger partial charge is 0.338 e. The normalized spacial score (nSPS) is 15.5. The van der Waals surface area contributed by atoms with Crippen molar-refractivity contribution in [2.75, 3.05) is 11.4 Å². The first-order chi connectivity index (χ1) is 16.8. The maximum Gasteiger partial charge on any atom is 0.338 e. The van der Waals surface area contributed by atoms with Crippen LogP contribution in [0.15, 0.2) is 66.7 Å². The maximum absolute atomic E-state index is 13.0. The zero-order chi connectivity index (χ0) is 24.7. The third kappa shape index (κ3) is 4.08. The van der Waals surface area contributed by atoms with Crippen molar-refractivity contribution in [2.24, 2.45) is 0 Å². The lowest BCUT2D eigenvalue weighted by molar-refractivity contribution is -0.140. The van der Waals surface area contributed by atoms with Crippen LogP contribution in [-0.4, -0.2) is 41.2 Å². The van der Waals surface area contributed by atoms with Crippen molar-refractivity contribution < 1.29 is 23.9 Å². The number of carbonyl (C=O) groups excluding carboxylic acids is 4. The Bertz CT molecular complexity index is 1390. The largest absolute Gasteiger partial charge is 0.449 e. The van der Waals surface area contributed by atoms with Crippen LogP contribution in [0.5, 0.6) is 0 Å². The molecular weight excluding hydrogens is 468 g/mol. The number of esters is 1. The van der Waals surface area contributed by atoms with Gasteiger partial charge < -0.3 is 9.64 Å². The molecule has 0 N–H and O–H groups in total. The molecular formula is C27H21ClN2O5. The van der Waals surface area contributed by atoms with Crippen LogP contribution < -0.4 is 4.90 Å². The van der Waals surface area contributed by atoms with E-state index >= 15 is 0 Å². The van der Waals surface area contributed by atoms with E-state index in [9.17, 15) is 19.2 Å². The van der Waals surface area contributed by atoms with Gasteiger partial charge >= 0.3 is 5.97 Å². The first-order valence-electron chi connectivity index (χ1n) is 11.2. The lowest BCUT2D eigenvalue weighted by atomic mass is 9.99. The van der Waals surface area contributed by atoms with E-state index in [1.54, 1.807) is 29.2 Å². The fraction of sp³-hybridized carbons (Fsp3) is 0.185. The van der Waals surface area contributed by atoms with E-state index in [0.717, 1.165) is 16.9 Å². The van der Waals surface area contributed by atoms with Crippen LogP contribution in [0.3, 0.4) is 0 Å². The third-order valence-corrected chi connectivity index (χ3v) is 6.61. The highest BCUT2D eigenvalue weighted by Gasteiger charge is 2.38. The second-order valence-corrected chi connectivity index (χ2v) is 8.89. The average molecular weight is 489 g/mol. The van der Waals surface area contributed by atoms with Crippen molar-refractivity contribution in [3.05, 3.63) is 99.6 Å². The number of halogens is 1. The summed E-state index contributed by atoms with van der Waals surface area (Å²) in [6, 6.07) is 18.6.